The first-order chi connectivity index (χ1) is 6.33. The van der Waals surface area contributed by atoms with Crippen LogP contribution in [0.1, 0.15) is 10.4 Å². The summed E-state index contributed by atoms with van der Waals surface area (Å²) >= 11 is 4.79. The Kier molecular flexibility index (Phi) is 2.47. The molecule has 0 atom stereocenters. The molecular weight excluding hydrogens is 248 g/mol. The van der Waals surface area contributed by atoms with Gasteiger partial charge in [0, 0.05) is 21.0 Å². The molecule has 0 amide bonds. The molecule has 0 N–H and O–H groups in total. The van der Waals surface area contributed by atoms with Crippen molar-refractivity contribution in [3.8, 4) is 0 Å². The number of thiophene rings is 1. The fourth-order valence-corrected chi connectivity index (χ4v) is 2.53. The average molecular weight is 255 g/mol. The summed E-state index contributed by atoms with van der Waals surface area (Å²) in [4.78, 5) is 11.4. The fraction of sp³-hybridized carbons (Fsp3) is 0.100. The maximum Gasteiger partial charge on any atom is 0.174 e. The smallest absolute Gasteiger partial charge is 0.174 e. The number of Topliss-reactive ketones (excluding diaryl/α,β-unsaturated/α-hetero) is 1. The highest BCUT2D eigenvalue weighted by Gasteiger charge is 2.09. The quantitative estimate of drug-likeness (QED) is 0.593. The second-order valence-corrected chi connectivity index (χ2v) is 4.17. The van der Waals surface area contributed by atoms with Crippen molar-refractivity contribution in [3.05, 3.63) is 35.2 Å². The van der Waals surface area contributed by atoms with Crippen LogP contribution in [-0.2, 0) is 0 Å². The van der Waals surface area contributed by atoms with E-state index in [9.17, 15) is 4.79 Å². The Labute approximate surface area is 88.5 Å². The van der Waals surface area contributed by atoms with E-state index >= 15 is 0 Å². The normalized spacial score (nSPS) is 10.5. The number of rotatable bonds is 2. The van der Waals surface area contributed by atoms with Crippen LogP contribution in [0.25, 0.3) is 10.1 Å². The second kappa shape index (κ2) is 3.60. The first-order valence-electron chi connectivity index (χ1n) is 3.88. The zero-order valence-electron chi connectivity index (χ0n) is 6.79. The summed E-state index contributed by atoms with van der Waals surface area (Å²) in [5.74, 6) is 0.150. The minimum atomic E-state index is 0.150. The maximum atomic E-state index is 11.4. The van der Waals surface area contributed by atoms with E-state index in [1.165, 1.54) is 4.70 Å². The van der Waals surface area contributed by atoms with Crippen molar-refractivity contribution < 1.29 is 4.79 Å². The van der Waals surface area contributed by atoms with Gasteiger partial charge in [-0.25, -0.2) is 0 Å². The lowest BCUT2D eigenvalue weighted by Gasteiger charge is -1.93. The first-order valence-corrected chi connectivity index (χ1v) is 5.88. The van der Waals surface area contributed by atoms with Crippen molar-refractivity contribution in [1.29, 1.82) is 0 Å². The Morgan fingerprint density at radius 3 is 2.92 bits per heavy atom. The molecule has 0 unspecified atom stereocenters. The minimum Gasteiger partial charge on any atom is -0.293 e. The number of carbonyl (C=O) groups excluding carboxylic acids is 1. The molecule has 0 aliphatic rings. The van der Waals surface area contributed by atoms with E-state index in [4.69, 9.17) is 0 Å². The molecule has 1 aromatic heterocycles. The van der Waals surface area contributed by atoms with Crippen LogP contribution in [0.5, 0.6) is 0 Å². The highest BCUT2D eigenvalue weighted by atomic mass is 79.9. The van der Waals surface area contributed by atoms with E-state index in [-0.39, 0.29) is 5.78 Å². The van der Waals surface area contributed by atoms with Crippen LogP contribution in [0.2, 0.25) is 0 Å². The predicted octanol–water partition coefficient (Wildman–Crippen LogP) is 3.48. The van der Waals surface area contributed by atoms with Crippen LogP contribution >= 0.6 is 27.3 Å². The number of hydrogen-bond acceptors (Lipinski definition) is 2. The molecule has 0 radical (unpaired) electrons. The third-order valence-corrected chi connectivity index (χ3v) is 3.38. The first kappa shape index (κ1) is 8.91. The number of benzene rings is 1. The summed E-state index contributed by atoms with van der Waals surface area (Å²) in [6.45, 7) is 0. The zero-order valence-corrected chi connectivity index (χ0v) is 9.19. The molecule has 66 valence electrons. The number of fused-ring (bicyclic) bond motifs is 1. The highest BCUT2D eigenvalue weighted by Crippen LogP contribution is 2.26. The fourth-order valence-electron chi connectivity index (χ4n) is 1.27. The van der Waals surface area contributed by atoms with E-state index in [2.05, 4.69) is 15.9 Å². The highest BCUT2D eigenvalue weighted by molar-refractivity contribution is 9.09. The van der Waals surface area contributed by atoms with Crippen molar-refractivity contribution in [2.75, 3.05) is 5.33 Å². The van der Waals surface area contributed by atoms with Crippen LogP contribution in [0.4, 0.5) is 0 Å². The monoisotopic (exact) mass is 254 g/mol. The summed E-state index contributed by atoms with van der Waals surface area (Å²) in [6.07, 6.45) is 0. The lowest BCUT2D eigenvalue weighted by atomic mass is 10.1. The Bertz CT molecular complexity index is 447. The van der Waals surface area contributed by atoms with Gasteiger partial charge in [0.1, 0.15) is 0 Å². The van der Waals surface area contributed by atoms with E-state index < -0.39 is 0 Å². The van der Waals surface area contributed by atoms with Gasteiger partial charge in [-0.1, -0.05) is 34.1 Å². The molecule has 0 spiro atoms. The Morgan fingerprint density at radius 1 is 1.38 bits per heavy atom. The van der Waals surface area contributed by atoms with Gasteiger partial charge < -0.3 is 0 Å². The van der Waals surface area contributed by atoms with Crippen molar-refractivity contribution in [1.82, 2.24) is 0 Å². The molecule has 0 fully saturated rings. The van der Waals surface area contributed by atoms with Crippen LogP contribution in [0.15, 0.2) is 29.6 Å². The van der Waals surface area contributed by atoms with E-state index in [0.29, 0.717) is 5.33 Å². The third kappa shape index (κ3) is 1.54. The summed E-state index contributed by atoms with van der Waals surface area (Å²) in [5.41, 5.74) is 0.831. The molecule has 1 nitrogen and oxygen atoms in total. The van der Waals surface area contributed by atoms with Crippen LogP contribution in [0.3, 0.4) is 0 Å². The standard InChI is InChI=1S/C10H7BrOS/c11-5-9(12)8-6-13-10-4-2-1-3-7(8)10/h1-4,6H,5H2. The van der Waals surface area contributed by atoms with Gasteiger partial charge in [-0.05, 0) is 6.07 Å². The molecule has 1 heterocycles. The lowest BCUT2D eigenvalue weighted by Crippen LogP contribution is -1.97. The average Bonchev–Trinajstić information content (AvgIpc) is 2.60. The van der Waals surface area contributed by atoms with Gasteiger partial charge in [0.15, 0.2) is 5.78 Å². The van der Waals surface area contributed by atoms with Gasteiger partial charge in [0.05, 0.1) is 5.33 Å². The van der Waals surface area contributed by atoms with Gasteiger partial charge in [-0.15, -0.1) is 11.3 Å². The van der Waals surface area contributed by atoms with Gasteiger partial charge in [-0.2, -0.15) is 0 Å². The Morgan fingerprint density at radius 2 is 2.15 bits per heavy atom. The van der Waals surface area contributed by atoms with Gasteiger partial charge in [0.25, 0.3) is 0 Å². The molecule has 0 saturated carbocycles. The van der Waals surface area contributed by atoms with Crippen molar-refractivity contribution in [2.24, 2.45) is 0 Å². The number of ketones is 1. The van der Waals surface area contributed by atoms with E-state index in [1.54, 1.807) is 11.3 Å². The second-order valence-electron chi connectivity index (χ2n) is 2.70. The molecule has 0 aliphatic heterocycles. The Hall–Kier alpha value is -0.670. The molecule has 3 heteroatoms. The number of alkyl halides is 1. The van der Waals surface area contributed by atoms with Gasteiger partial charge in [-0.3, -0.25) is 4.79 Å². The summed E-state index contributed by atoms with van der Waals surface area (Å²) in [5, 5.41) is 3.39. The van der Waals surface area contributed by atoms with Gasteiger partial charge >= 0.3 is 0 Å². The summed E-state index contributed by atoms with van der Waals surface area (Å²) in [7, 11) is 0. The Balaban J connectivity index is 2.64. The van der Waals surface area contributed by atoms with Crippen molar-refractivity contribution >= 4 is 43.1 Å². The molecule has 0 aliphatic carbocycles. The summed E-state index contributed by atoms with van der Waals surface area (Å²) in [6, 6.07) is 7.97. The molecule has 2 rings (SSSR count). The SMILES string of the molecule is O=C(CBr)c1csc2ccccc12. The third-order valence-electron chi connectivity index (χ3n) is 1.90. The molecule has 2 aromatic rings. The number of hydrogen-bond donors (Lipinski definition) is 0. The van der Waals surface area contributed by atoms with Gasteiger partial charge in [0.2, 0.25) is 0 Å². The van der Waals surface area contributed by atoms with Crippen LogP contribution in [0, 0.1) is 0 Å². The van der Waals surface area contributed by atoms with E-state index in [1.807, 2.05) is 29.6 Å². The molecule has 13 heavy (non-hydrogen) atoms. The maximum absolute atomic E-state index is 11.4. The van der Waals surface area contributed by atoms with Crippen LogP contribution in [-0.4, -0.2) is 11.1 Å². The number of carbonyl (C=O) groups is 1. The lowest BCUT2D eigenvalue weighted by molar-refractivity contribution is 0.102. The molecule has 0 saturated heterocycles. The summed E-state index contributed by atoms with van der Waals surface area (Å²) < 4.78 is 1.17. The molecule has 1 aromatic carbocycles. The van der Waals surface area contributed by atoms with Crippen LogP contribution < -0.4 is 0 Å². The minimum absolute atomic E-state index is 0.150. The zero-order chi connectivity index (χ0) is 9.26. The van der Waals surface area contributed by atoms with Crippen molar-refractivity contribution in [3.63, 3.8) is 0 Å². The molecule has 0 bridgehead atoms. The predicted molar refractivity (Wildman–Crippen MR) is 59.9 cm³/mol. The number of halogens is 1. The topological polar surface area (TPSA) is 17.1 Å². The van der Waals surface area contributed by atoms with E-state index in [0.717, 1.165) is 10.9 Å². The molecular formula is C10H7BrOS. The van der Waals surface area contributed by atoms with Crippen molar-refractivity contribution in [2.45, 2.75) is 0 Å². The largest absolute Gasteiger partial charge is 0.293 e.